The molecular weight excluding hydrogens is 274 g/mol. The van der Waals surface area contributed by atoms with E-state index in [1.54, 1.807) is 12.1 Å². The zero-order chi connectivity index (χ0) is 14.7. The summed E-state index contributed by atoms with van der Waals surface area (Å²) in [4.78, 5) is 0. The highest BCUT2D eigenvalue weighted by molar-refractivity contribution is 7.85. The summed E-state index contributed by atoms with van der Waals surface area (Å²) in [5, 5.41) is 2.47. The van der Waals surface area contributed by atoms with Gasteiger partial charge >= 0.3 is 0 Å². The van der Waals surface area contributed by atoms with Crippen molar-refractivity contribution in [3.8, 4) is 0 Å². The van der Waals surface area contributed by atoms with Crippen LogP contribution in [-0.2, 0) is 4.57 Å². The molecular formula is C18H14BOP. The molecule has 0 fully saturated rings. The van der Waals surface area contributed by atoms with Gasteiger partial charge in [-0.2, -0.15) is 0 Å². The van der Waals surface area contributed by atoms with Crippen LogP contribution in [0, 0.1) is 0 Å². The van der Waals surface area contributed by atoms with Gasteiger partial charge in [-0.1, -0.05) is 90.4 Å². The van der Waals surface area contributed by atoms with Gasteiger partial charge in [0.1, 0.15) is 7.85 Å². The van der Waals surface area contributed by atoms with Crippen molar-refractivity contribution in [2.75, 3.05) is 0 Å². The van der Waals surface area contributed by atoms with Gasteiger partial charge in [-0.25, -0.2) is 0 Å². The molecule has 0 aromatic heterocycles. The Kier molecular flexibility index (Phi) is 3.81. The van der Waals surface area contributed by atoms with Gasteiger partial charge in [-0.3, -0.25) is 0 Å². The first-order chi connectivity index (χ1) is 10.2. The average molecular weight is 288 g/mol. The summed E-state index contributed by atoms with van der Waals surface area (Å²) < 4.78 is 13.9. The fourth-order valence-corrected chi connectivity index (χ4v) is 5.05. The topological polar surface area (TPSA) is 17.1 Å². The van der Waals surface area contributed by atoms with E-state index in [1.807, 2.05) is 72.8 Å². The average Bonchev–Trinajstić information content (AvgIpc) is 2.56. The van der Waals surface area contributed by atoms with E-state index in [9.17, 15) is 4.57 Å². The summed E-state index contributed by atoms with van der Waals surface area (Å²) in [6.45, 7) is 0. The Hall–Kier alpha value is -2.05. The van der Waals surface area contributed by atoms with Gasteiger partial charge in [0.25, 0.3) is 0 Å². The third-order valence-corrected chi connectivity index (χ3v) is 6.57. The molecule has 0 amide bonds. The van der Waals surface area contributed by atoms with E-state index in [4.69, 9.17) is 7.85 Å². The Morgan fingerprint density at radius 1 is 0.571 bits per heavy atom. The molecule has 1 nitrogen and oxygen atoms in total. The zero-order valence-corrected chi connectivity index (χ0v) is 12.4. The number of benzene rings is 3. The maximum Gasteiger partial charge on any atom is 0.171 e. The summed E-state index contributed by atoms with van der Waals surface area (Å²) in [6, 6.07) is 26.5. The molecule has 21 heavy (non-hydrogen) atoms. The summed E-state index contributed by atoms with van der Waals surface area (Å²) in [5.41, 5.74) is 0.673. The van der Waals surface area contributed by atoms with Crippen molar-refractivity contribution in [3.05, 3.63) is 84.9 Å². The normalized spacial score (nSPS) is 11.2. The van der Waals surface area contributed by atoms with Crippen LogP contribution < -0.4 is 21.4 Å². The largest absolute Gasteiger partial charge is 0.309 e. The smallest absolute Gasteiger partial charge is 0.171 e. The second kappa shape index (κ2) is 5.75. The minimum absolute atomic E-state index is 0.673. The van der Waals surface area contributed by atoms with Crippen LogP contribution in [0.25, 0.3) is 0 Å². The van der Waals surface area contributed by atoms with E-state index in [-0.39, 0.29) is 0 Å². The van der Waals surface area contributed by atoms with Crippen LogP contribution in [0.15, 0.2) is 84.9 Å². The van der Waals surface area contributed by atoms with Crippen molar-refractivity contribution in [3.63, 3.8) is 0 Å². The molecule has 3 aromatic rings. The molecule has 0 heterocycles. The summed E-state index contributed by atoms with van der Waals surface area (Å²) in [7, 11) is 2.91. The minimum Gasteiger partial charge on any atom is -0.309 e. The molecule has 0 unspecified atom stereocenters. The molecule has 0 N–H and O–H groups in total. The Labute approximate surface area is 126 Å². The Morgan fingerprint density at radius 2 is 0.952 bits per heavy atom. The van der Waals surface area contributed by atoms with Crippen LogP contribution in [-0.4, -0.2) is 7.85 Å². The second-order valence-corrected chi connectivity index (χ2v) is 7.64. The molecule has 3 rings (SSSR count). The molecule has 0 atom stereocenters. The van der Waals surface area contributed by atoms with Crippen LogP contribution in [0.5, 0.6) is 0 Å². The Morgan fingerprint density at radius 3 is 1.38 bits per heavy atom. The molecule has 100 valence electrons. The molecule has 2 radical (unpaired) electrons. The lowest BCUT2D eigenvalue weighted by atomic mass is 9.97. The molecule has 0 bridgehead atoms. The SMILES string of the molecule is [B]c1ccc(P(=O)(c2ccccc2)c2ccccc2)cc1. The Bertz CT molecular complexity index is 724. The lowest BCUT2D eigenvalue weighted by Gasteiger charge is -2.20. The first-order valence-electron chi connectivity index (χ1n) is 6.78. The van der Waals surface area contributed by atoms with E-state index < -0.39 is 7.14 Å². The van der Waals surface area contributed by atoms with Gasteiger partial charge in [0, 0.05) is 15.9 Å². The van der Waals surface area contributed by atoms with E-state index >= 15 is 0 Å². The quantitative estimate of drug-likeness (QED) is 0.533. The minimum atomic E-state index is -2.85. The summed E-state index contributed by atoms with van der Waals surface area (Å²) in [6.07, 6.45) is 0. The van der Waals surface area contributed by atoms with Gasteiger partial charge in [0.2, 0.25) is 0 Å². The predicted molar refractivity (Wildman–Crippen MR) is 91.2 cm³/mol. The fourth-order valence-electron chi connectivity index (χ4n) is 2.41. The monoisotopic (exact) mass is 288 g/mol. The van der Waals surface area contributed by atoms with Gasteiger partial charge in [0.15, 0.2) is 7.14 Å². The lowest BCUT2D eigenvalue weighted by Crippen LogP contribution is -2.25. The molecule has 0 aliphatic carbocycles. The van der Waals surface area contributed by atoms with Gasteiger partial charge in [-0.15, -0.1) is 0 Å². The Balaban J connectivity index is 2.26. The van der Waals surface area contributed by atoms with Crippen molar-refractivity contribution in [2.24, 2.45) is 0 Å². The van der Waals surface area contributed by atoms with Crippen molar-refractivity contribution in [2.45, 2.75) is 0 Å². The van der Waals surface area contributed by atoms with Crippen LogP contribution in [0.3, 0.4) is 0 Å². The number of rotatable bonds is 3. The van der Waals surface area contributed by atoms with E-state index in [1.165, 1.54) is 0 Å². The van der Waals surface area contributed by atoms with Gasteiger partial charge in [-0.05, 0) is 0 Å². The van der Waals surface area contributed by atoms with Gasteiger partial charge < -0.3 is 4.57 Å². The third kappa shape index (κ3) is 2.60. The fraction of sp³-hybridized carbons (Fsp3) is 0. The van der Waals surface area contributed by atoms with Crippen molar-refractivity contribution in [1.29, 1.82) is 0 Å². The van der Waals surface area contributed by atoms with Crippen molar-refractivity contribution in [1.82, 2.24) is 0 Å². The first kappa shape index (κ1) is 13.9. The number of hydrogen-bond acceptors (Lipinski definition) is 1. The highest BCUT2D eigenvalue weighted by Gasteiger charge is 2.28. The molecule has 3 heteroatoms. The maximum atomic E-state index is 13.9. The van der Waals surface area contributed by atoms with Crippen LogP contribution in [0.2, 0.25) is 0 Å². The number of hydrogen-bond donors (Lipinski definition) is 0. The van der Waals surface area contributed by atoms with Crippen LogP contribution in [0.4, 0.5) is 0 Å². The molecule has 0 aliphatic heterocycles. The highest BCUT2D eigenvalue weighted by Crippen LogP contribution is 2.41. The van der Waals surface area contributed by atoms with E-state index in [2.05, 4.69) is 0 Å². The highest BCUT2D eigenvalue weighted by atomic mass is 31.2. The first-order valence-corrected chi connectivity index (χ1v) is 8.49. The van der Waals surface area contributed by atoms with Crippen LogP contribution in [0.1, 0.15) is 0 Å². The van der Waals surface area contributed by atoms with Crippen molar-refractivity contribution >= 4 is 36.4 Å². The maximum absolute atomic E-state index is 13.9. The standard InChI is InChI=1S/C18H14BOP/c19-15-11-13-18(14-12-15)21(20,16-7-3-1-4-8-16)17-9-5-2-6-10-17/h1-14H. The molecule has 0 saturated heterocycles. The predicted octanol–water partition coefficient (Wildman–Crippen LogP) is 2.12. The van der Waals surface area contributed by atoms with Crippen molar-refractivity contribution < 1.29 is 4.57 Å². The summed E-state index contributed by atoms with van der Waals surface area (Å²) >= 11 is 0. The second-order valence-electron chi connectivity index (χ2n) is 4.87. The summed E-state index contributed by atoms with van der Waals surface area (Å²) in [5.74, 6) is 0. The molecule has 0 aliphatic rings. The zero-order valence-electron chi connectivity index (χ0n) is 11.5. The van der Waals surface area contributed by atoms with E-state index in [0.717, 1.165) is 15.9 Å². The van der Waals surface area contributed by atoms with Crippen LogP contribution >= 0.6 is 7.14 Å². The van der Waals surface area contributed by atoms with E-state index in [0.29, 0.717) is 5.46 Å². The lowest BCUT2D eigenvalue weighted by molar-refractivity contribution is 0.592. The molecule has 0 saturated carbocycles. The molecule has 0 spiro atoms. The van der Waals surface area contributed by atoms with Gasteiger partial charge in [0.05, 0.1) is 0 Å². The third-order valence-electron chi connectivity index (χ3n) is 3.50. The molecule has 3 aromatic carbocycles.